The van der Waals surface area contributed by atoms with Crippen molar-refractivity contribution in [2.24, 2.45) is 0 Å². The van der Waals surface area contributed by atoms with E-state index in [-0.39, 0.29) is 24.2 Å². The normalized spacial score (nSPS) is 25.8. The number of carbonyl (C=O) groups excluding carboxylic acids is 2. The molecule has 124 valence electrons. The van der Waals surface area contributed by atoms with E-state index in [4.69, 9.17) is 9.47 Å². The van der Waals surface area contributed by atoms with Crippen LogP contribution in [0.1, 0.15) is 19.8 Å². The van der Waals surface area contributed by atoms with Crippen molar-refractivity contribution in [1.82, 2.24) is 9.80 Å². The summed E-state index contributed by atoms with van der Waals surface area (Å²) < 4.78 is 10.6. The molecular formula is C17H22N2O4. The molecule has 0 unspecified atom stereocenters. The van der Waals surface area contributed by atoms with Crippen molar-refractivity contribution in [3.8, 4) is 5.75 Å². The number of ether oxygens (including phenoxy) is 2. The molecule has 0 saturated carbocycles. The Bertz CT molecular complexity index is 563. The Balaban J connectivity index is 1.56. The van der Waals surface area contributed by atoms with Gasteiger partial charge in [0, 0.05) is 32.6 Å². The van der Waals surface area contributed by atoms with Crippen molar-refractivity contribution < 1.29 is 19.1 Å². The summed E-state index contributed by atoms with van der Waals surface area (Å²) in [5, 5.41) is 0. The summed E-state index contributed by atoms with van der Waals surface area (Å²) in [7, 11) is 0. The maximum atomic E-state index is 12.3. The van der Waals surface area contributed by atoms with Gasteiger partial charge in [-0.3, -0.25) is 9.69 Å². The lowest BCUT2D eigenvalue weighted by molar-refractivity contribution is -0.144. The Labute approximate surface area is 136 Å². The molecule has 0 N–H and O–H groups in total. The van der Waals surface area contributed by atoms with Crippen LogP contribution in [0, 0.1) is 0 Å². The van der Waals surface area contributed by atoms with E-state index in [1.807, 2.05) is 25.1 Å². The van der Waals surface area contributed by atoms with E-state index in [2.05, 4.69) is 4.90 Å². The van der Waals surface area contributed by atoms with Crippen LogP contribution in [0.2, 0.25) is 0 Å². The van der Waals surface area contributed by atoms with Gasteiger partial charge in [0.25, 0.3) is 0 Å². The lowest BCUT2D eigenvalue weighted by atomic mass is 10.1. The number of carbonyl (C=O) groups is 2. The molecule has 2 aliphatic heterocycles. The third-order valence-electron chi connectivity index (χ3n) is 4.32. The number of benzene rings is 1. The number of hydrogen-bond acceptors (Lipinski definition) is 5. The molecule has 2 heterocycles. The average molecular weight is 318 g/mol. The second-order valence-corrected chi connectivity index (χ2v) is 6.06. The van der Waals surface area contributed by atoms with Crippen LogP contribution < -0.4 is 4.74 Å². The van der Waals surface area contributed by atoms with Gasteiger partial charge in [-0.1, -0.05) is 18.2 Å². The molecule has 2 fully saturated rings. The first-order valence-electron chi connectivity index (χ1n) is 8.10. The smallest absolute Gasteiger partial charge is 0.415 e. The summed E-state index contributed by atoms with van der Waals surface area (Å²) in [6.45, 7) is 4.57. The zero-order valence-corrected chi connectivity index (χ0v) is 13.3. The molecule has 6 heteroatoms. The monoisotopic (exact) mass is 318 g/mol. The van der Waals surface area contributed by atoms with Gasteiger partial charge in [-0.05, 0) is 25.5 Å². The molecule has 0 radical (unpaired) electrons. The predicted molar refractivity (Wildman–Crippen MR) is 84.2 cm³/mol. The molecule has 6 nitrogen and oxygen atoms in total. The molecule has 2 atom stereocenters. The van der Waals surface area contributed by atoms with Crippen LogP contribution in [0.5, 0.6) is 5.75 Å². The fourth-order valence-electron chi connectivity index (χ4n) is 3.12. The van der Waals surface area contributed by atoms with E-state index in [9.17, 15) is 9.59 Å². The highest BCUT2D eigenvalue weighted by atomic mass is 16.6. The summed E-state index contributed by atoms with van der Waals surface area (Å²) >= 11 is 0. The van der Waals surface area contributed by atoms with Crippen LogP contribution in [0.25, 0.3) is 0 Å². The SMILES string of the molecule is C[C@H]1C[C@H](N2CCCN(C(=O)Oc3ccccc3)CC2)C(=O)O1. The maximum Gasteiger partial charge on any atom is 0.415 e. The lowest BCUT2D eigenvalue weighted by Crippen LogP contribution is -2.42. The van der Waals surface area contributed by atoms with E-state index in [0.717, 1.165) is 19.4 Å². The fourth-order valence-corrected chi connectivity index (χ4v) is 3.12. The Morgan fingerprint density at radius 3 is 2.65 bits per heavy atom. The van der Waals surface area contributed by atoms with Gasteiger partial charge in [-0.15, -0.1) is 0 Å². The highest BCUT2D eigenvalue weighted by Crippen LogP contribution is 2.21. The van der Waals surface area contributed by atoms with Crippen LogP contribution in [-0.2, 0) is 9.53 Å². The molecule has 3 rings (SSSR count). The minimum atomic E-state index is -0.333. The molecule has 0 spiro atoms. The topological polar surface area (TPSA) is 59.1 Å². The number of para-hydroxylation sites is 1. The first-order chi connectivity index (χ1) is 11.1. The van der Waals surface area contributed by atoms with Crippen molar-refractivity contribution in [2.45, 2.75) is 31.9 Å². The highest BCUT2D eigenvalue weighted by molar-refractivity contribution is 5.78. The Hall–Kier alpha value is -2.08. The molecule has 0 aromatic heterocycles. The van der Waals surface area contributed by atoms with Crippen LogP contribution in [0.3, 0.4) is 0 Å². The van der Waals surface area contributed by atoms with Gasteiger partial charge in [0.2, 0.25) is 0 Å². The molecule has 2 saturated heterocycles. The van der Waals surface area contributed by atoms with Crippen LogP contribution in [0.4, 0.5) is 4.79 Å². The minimum Gasteiger partial charge on any atom is -0.461 e. The number of esters is 1. The van der Waals surface area contributed by atoms with Crippen LogP contribution in [0.15, 0.2) is 30.3 Å². The summed E-state index contributed by atoms with van der Waals surface area (Å²) in [6.07, 6.45) is 1.20. The van der Waals surface area contributed by atoms with E-state index < -0.39 is 0 Å². The second kappa shape index (κ2) is 7.00. The number of amides is 1. The summed E-state index contributed by atoms with van der Waals surface area (Å²) in [4.78, 5) is 28.0. The van der Waals surface area contributed by atoms with Gasteiger partial charge in [-0.25, -0.2) is 4.79 Å². The van der Waals surface area contributed by atoms with Crippen molar-refractivity contribution in [3.63, 3.8) is 0 Å². The van der Waals surface area contributed by atoms with E-state index >= 15 is 0 Å². The molecule has 2 aliphatic rings. The van der Waals surface area contributed by atoms with Gasteiger partial charge >= 0.3 is 12.1 Å². The molecule has 0 aliphatic carbocycles. The van der Waals surface area contributed by atoms with E-state index in [0.29, 0.717) is 25.4 Å². The molecule has 1 amide bonds. The Morgan fingerprint density at radius 1 is 1.17 bits per heavy atom. The lowest BCUT2D eigenvalue weighted by Gasteiger charge is -2.24. The zero-order valence-electron chi connectivity index (χ0n) is 13.3. The minimum absolute atomic E-state index is 0.0186. The third kappa shape index (κ3) is 3.82. The molecular weight excluding hydrogens is 296 g/mol. The number of nitrogens with zero attached hydrogens (tertiary/aromatic N) is 2. The molecule has 1 aromatic rings. The van der Waals surface area contributed by atoms with Crippen molar-refractivity contribution >= 4 is 12.1 Å². The predicted octanol–water partition coefficient (Wildman–Crippen LogP) is 1.90. The van der Waals surface area contributed by atoms with Crippen molar-refractivity contribution in [1.29, 1.82) is 0 Å². The number of cyclic esters (lactones) is 1. The van der Waals surface area contributed by atoms with Crippen molar-refractivity contribution in [3.05, 3.63) is 30.3 Å². The molecule has 1 aromatic carbocycles. The average Bonchev–Trinajstić information content (AvgIpc) is 2.75. The van der Waals surface area contributed by atoms with Gasteiger partial charge in [-0.2, -0.15) is 0 Å². The molecule has 23 heavy (non-hydrogen) atoms. The largest absolute Gasteiger partial charge is 0.461 e. The summed E-state index contributed by atoms with van der Waals surface area (Å²) in [5.41, 5.74) is 0. The Kier molecular flexibility index (Phi) is 4.81. The van der Waals surface area contributed by atoms with Gasteiger partial charge in [0.05, 0.1) is 0 Å². The standard InChI is InChI=1S/C17H22N2O4/c1-13-12-15(16(20)22-13)18-8-5-9-19(11-10-18)17(21)23-14-6-3-2-4-7-14/h2-4,6-7,13,15H,5,8-12H2,1H3/t13-,15-/m0/s1. The third-order valence-corrected chi connectivity index (χ3v) is 4.32. The van der Waals surface area contributed by atoms with Gasteiger partial charge in [0.15, 0.2) is 0 Å². The maximum absolute atomic E-state index is 12.3. The number of rotatable bonds is 2. The van der Waals surface area contributed by atoms with Crippen molar-refractivity contribution in [2.75, 3.05) is 26.2 Å². The second-order valence-electron chi connectivity index (χ2n) is 6.06. The number of hydrogen-bond donors (Lipinski definition) is 0. The summed E-state index contributed by atoms with van der Waals surface area (Å²) in [6, 6.07) is 8.90. The first kappa shape index (κ1) is 15.8. The fraction of sp³-hybridized carbons (Fsp3) is 0.529. The first-order valence-corrected chi connectivity index (χ1v) is 8.10. The van der Waals surface area contributed by atoms with Crippen LogP contribution >= 0.6 is 0 Å². The van der Waals surface area contributed by atoms with E-state index in [1.165, 1.54) is 0 Å². The van der Waals surface area contributed by atoms with Gasteiger partial charge < -0.3 is 14.4 Å². The Morgan fingerprint density at radius 2 is 1.96 bits per heavy atom. The van der Waals surface area contributed by atoms with E-state index in [1.54, 1.807) is 17.0 Å². The molecule has 0 bridgehead atoms. The highest BCUT2D eigenvalue weighted by Gasteiger charge is 2.37. The zero-order chi connectivity index (χ0) is 16.2. The summed E-state index contributed by atoms with van der Waals surface area (Å²) in [5.74, 6) is 0.407. The van der Waals surface area contributed by atoms with Gasteiger partial charge in [0.1, 0.15) is 17.9 Å². The van der Waals surface area contributed by atoms with Crippen LogP contribution in [-0.4, -0.2) is 60.2 Å². The quantitative estimate of drug-likeness (QED) is 0.780.